The van der Waals surface area contributed by atoms with Crippen LogP contribution in [0, 0.1) is 0 Å². The topological polar surface area (TPSA) is 107 Å². The van der Waals surface area contributed by atoms with E-state index in [1.807, 2.05) is 6.92 Å². The van der Waals surface area contributed by atoms with E-state index in [1.54, 1.807) is 0 Å². The number of benzene rings is 1. The highest BCUT2D eigenvalue weighted by molar-refractivity contribution is 7.90. The fourth-order valence-electron chi connectivity index (χ4n) is 2.41. The summed E-state index contributed by atoms with van der Waals surface area (Å²) >= 11 is 0. The van der Waals surface area contributed by atoms with Gasteiger partial charge in [-0.3, -0.25) is 4.72 Å². The van der Waals surface area contributed by atoms with Gasteiger partial charge in [0.2, 0.25) is 0 Å². The second-order valence-corrected chi connectivity index (χ2v) is 6.72. The van der Waals surface area contributed by atoms with Crippen LogP contribution in [0.4, 0.5) is 5.69 Å². The van der Waals surface area contributed by atoms with Gasteiger partial charge in [0.05, 0.1) is 5.69 Å². The summed E-state index contributed by atoms with van der Waals surface area (Å²) < 4.78 is 28.4. The van der Waals surface area contributed by atoms with Gasteiger partial charge in [0, 0.05) is 18.7 Å². The lowest BCUT2D eigenvalue weighted by Crippen LogP contribution is -2.44. The Balaban J connectivity index is 2.20. The van der Waals surface area contributed by atoms with Crippen molar-refractivity contribution < 1.29 is 23.4 Å². The van der Waals surface area contributed by atoms with E-state index in [0.717, 1.165) is 31.4 Å². The summed E-state index contributed by atoms with van der Waals surface area (Å²) in [6.07, 6.45) is 2.62. The molecule has 1 aliphatic rings. The predicted molar refractivity (Wildman–Crippen MR) is 77.6 cm³/mol. The lowest BCUT2D eigenvalue weighted by atomic mass is 10.1. The molecule has 1 atom stereocenters. The van der Waals surface area contributed by atoms with E-state index in [0.29, 0.717) is 6.54 Å². The van der Waals surface area contributed by atoms with Gasteiger partial charge in [-0.15, -0.1) is 0 Å². The molecular formula is C13H18N2O5S. The number of aromatic carboxylic acids is 1. The molecule has 0 aliphatic carbocycles. The van der Waals surface area contributed by atoms with Crippen molar-refractivity contribution in [2.45, 2.75) is 32.2 Å². The summed E-state index contributed by atoms with van der Waals surface area (Å²) in [5.41, 5.74) is -0.139. The largest absolute Gasteiger partial charge is 0.507 e. The van der Waals surface area contributed by atoms with Crippen LogP contribution in [0.1, 0.15) is 36.5 Å². The maximum Gasteiger partial charge on any atom is 0.339 e. The van der Waals surface area contributed by atoms with Crippen LogP contribution in [-0.2, 0) is 10.2 Å². The lowest BCUT2D eigenvalue weighted by molar-refractivity contribution is 0.0694. The zero-order valence-electron chi connectivity index (χ0n) is 11.6. The molecule has 0 aromatic heterocycles. The van der Waals surface area contributed by atoms with Crippen LogP contribution in [-0.4, -0.2) is 41.5 Å². The minimum Gasteiger partial charge on any atom is -0.507 e. The second-order valence-electron chi connectivity index (χ2n) is 5.10. The third kappa shape index (κ3) is 3.45. The number of phenols is 1. The predicted octanol–water partition coefficient (Wildman–Crippen LogP) is 1.62. The molecule has 1 unspecified atom stereocenters. The van der Waals surface area contributed by atoms with Crippen molar-refractivity contribution >= 4 is 21.9 Å². The van der Waals surface area contributed by atoms with E-state index in [1.165, 1.54) is 10.4 Å². The summed E-state index contributed by atoms with van der Waals surface area (Å²) in [6, 6.07) is 3.49. The first-order valence-electron chi connectivity index (χ1n) is 6.67. The van der Waals surface area contributed by atoms with Gasteiger partial charge in [-0.1, -0.05) is 6.42 Å². The Morgan fingerprint density at radius 1 is 1.38 bits per heavy atom. The highest BCUT2D eigenvalue weighted by atomic mass is 32.2. The molecule has 21 heavy (non-hydrogen) atoms. The van der Waals surface area contributed by atoms with Crippen LogP contribution < -0.4 is 4.72 Å². The Hall–Kier alpha value is -1.80. The average Bonchev–Trinajstić information content (AvgIpc) is 2.38. The quantitative estimate of drug-likeness (QED) is 0.783. The van der Waals surface area contributed by atoms with Crippen LogP contribution in [0.5, 0.6) is 5.75 Å². The molecule has 2 rings (SSSR count). The maximum absolute atomic E-state index is 12.3. The van der Waals surface area contributed by atoms with Crippen molar-refractivity contribution in [1.29, 1.82) is 0 Å². The van der Waals surface area contributed by atoms with Crippen LogP contribution in [0.2, 0.25) is 0 Å². The summed E-state index contributed by atoms with van der Waals surface area (Å²) in [7, 11) is -3.71. The number of nitrogens with one attached hydrogen (secondary N) is 1. The average molecular weight is 314 g/mol. The van der Waals surface area contributed by atoms with Crippen LogP contribution in [0.3, 0.4) is 0 Å². The van der Waals surface area contributed by atoms with Crippen molar-refractivity contribution in [2.24, 2.45) is 0 Å². The minimum atomic E-state index is -3.71. The molecule has 1 aliphatic heterocycles. The SMILES string of the molecule is CC1CCCCN1S(=O)(=O)Nc1ccc(C(=O)O)c(O)c1. The fourth-order valence-corrected chi connectivity index (χ4v) is 3.90. The van der Waals surface area contributed by atoms with Crippen LogP contribution in [0.25, 0.3) is 0 Å². The van der Waals surface area contributed by atoms with E-state index in [4.69, 9.17) is 5.11 Å². The molecule has 116 valence electrons. The molecule has 1 saturated heterocycles. The molecule has 0 bridgehead atoms. The molecule has 3 N–H and O–H groups in total. The van der Waals surface area contributed by atoms with Gasteiger partial charge < -0.3 is 10.2 Å². The monoisotopic (exact) mass is 314 g/mol. The van der Waals surface area contributed by atoms with Gasteiger partial charge in [-0.2, -0.15) is 12.7 Å². The number of piperidine rings is 1. The van der Waals surface area contributed by atoms with Crippen LogP contribution >= 0.6 is 0 Å². The van der Waals surface area contributed by atoms with Gasteiger partial charge in [-0.25, -0.2) is 4.79 Å². The van der Waals surface area contributed by atoms with Gasteiger partial charge in [0.1, 0.15) is 11.3 Å². The van der Waals surface area contributed by atoms with Gasteiger partial charge >= 0.3 is 16.2 Å². The van der Waals surface area contributed by atoms with E-state index < -0.39 is 21.9 Å². The van der Waals surface area contributed by atoms with Crippen molar-refractivity contribution in [1.82, 2.24) is 4.31 Å². The third-order valence-corrected chi connectivity index (χ3v) is 5.18. The number of anilines is 1. The zero-order valence-corrected chi connectivity index (χ0v) is 12.4. The van der Waals surface area contributed by atoms with E-state index in [-0.39, 0.29) is 17.3 Å². The third-order valence-electron chi connectivity index (χ3n) is 3.53. The smallest absolute Gasteiger partial charge is 0.339 e. The first kappa shape index (κ1) is 15.6. The number of carboxylic acids is 1. The van der Waals surface area contributed by atoms with Crippen molar-refractivity contribution in [3.05, 3.63) is 23.8 Å². The number of carboxylic acid groups (broad SMARTS) is 1. The number of nitrogens with zero attached hydrogens (tertiary/aromatic N) is 1. The first-order chi connectivity index (χ1) is 9.81. The van der Waals surface area contributed by atoms with Crippen LogP contribution in [0.15, 0.2) is 18.2 Å². The van der Waals surface area contributed by atoms with Gasteiger partial charge in [-0.05, 0) is 31.9 Å². The molecule has 8 heteroatoms. The Kier molecular flexibility index (Phi) is 4.38. The molecule has 7 nitrogen and oxygen atoms in total. The summed E-state index contributed by atoms with van der Waals surface area (Å²) in [6.45, 7) is 2.30. The maximum atomic E-state index is 12.3. The second kappa shape index (κ2) is 5.90. The van der Waals surface area contributed by atoms with E-state index in [9.17, 15) is 18.3 Å². The molecule has 1 aromatic rings. The lowest BCUT2D eigenvalue weighted by Gasteiger charge is -2.32. The van der Waals surface area contributed by atoms with Gasteiger partial charge in [0.25, 0.3) is 0 Å². The highest BCUT2D eigenvalue weighted by Crippen LogP contribution is 2.25. The first-order valence-corrected chi connectivity index (χ1v) is 8.11. The number of hydrogen-bond donors (Lipinski definition) is 3. The number of aromatic hydroxyl groups is 1. The standard InChI is InChI=1S/C13H18N2O5S/c1-9-4-2-3-7-15(9)21(19,20)14-10-5-6-11(13(17)18)12(16)8-10/h5-6,8-9,14,16H,2-4,7H2,1H3,(H,17,18). The summed E-state index contributed by atoms with van der Waals surface area (Å²) in [5.74, 6) is -1.75. The van der Waals surface area contributed by atoms with Crippen molar-refractivity contribution in [3.8, 4) is 5.75 Å². The fraction of sp³-hybridized carbons (Fsp3) is 0.462. The number of rotatable bonds is 4. The zero-order chi connectivity index (χ0) is 15.6. The Morgan fingerprint density at radius 2 is 2.10 bits per heavy atom. The Bertz CT molecular complexity index is 644. The molecule has 0 spiro atoms. The molecule has 0 saturated carbocycles. The number of hydrogen-bond acceptors (Lipinski definition) is 4. The normalized spacial score (nSPS) is 20.1. The Labute approximate surface area is 123 Å². The molecule has 0 radical (unpaired) electrons. The molecule has 0 amide bonds. The highest BCUT2D eigenvalue weighted by Gasteiger charge is 2.29. The minimum absolute atomic E-state index is 0.0804. The summed E-state index contributed by atoms with van der Waals surface area (Å²) in [4.78, 5) is 10.8. The molecular weight excluding hydrogens is 296 g/mol. The van der Waals surface area contributed by atoms with E-state index in [2.05, 4.69) is 4.72 Å². The molecule has 1 aromatic carbocycles. The number of carbonyl (C=O) groups is 1. The van der Waals surface area contributed by atoms with Gasteiger partial charge in [0.15, 0.2) is 0 Å². The van der Waals surface area contributed by atoms with Crippen molar-refractivity contribution in [2.75, 3.05) is 11.3 Å². The molecule has 1 fully saturated rings. The molecule has 1 heterocycles. The van der Waals surface area contributed by atoms with E-state index >= 15 is 0 Å². The summed E-state index contributed by atoms with van der Waals surface area (Å²) in [5, 5.41) is 18.4. The van der Waals surface area contributed by atoms with Crippen molar-refractivity contribution in [3.63, 3.8) is 0 Å². The Morgan fingerprint density at radius 3 is 2.67 bits per heavy atom.